The zero-order chi connectivity index (χ0) is 11.3. The molecule has 3 heteroatoms. The number of carbonyl (C=O) groups is 1. The van der Waals surface area contributed by atoms with Crippen molar-refractivity contribution in [3.8, 4) is 0 Å². The van der Waals surface area contributed by atoms with Gasteiger partial charge in [0.1, 0.15) is 0 Å². The standard InChI is InChI=1S/C12H23NO2/c1-4-11-7-5-6-8-13(11)9-10(2)12(14)15-3/h10-11H,4-9H2,1-3H3. The lowest BCUT2D eigenvalue weighted by Gasteiger charge is -2.36. The van der Waals surface area contributed by atoms with Gasteiger partial charge in [0.2, 0.25) is 0 Å². The predicted octanol–water partition coefficient (Wildman–Crippen LogP) is 2.06. The molecule has 1 aliphatic heterocycles. The summed E-state index contributed by atoms with van der Waals surface area (Å²) in [5.41, 5.74) is 0. The van der Waals surface area contributed by atoms with Gasteiger partial charge in [-0.2, -0.15) is 0 Å². The molecule has 88 valence electrons. The topological polar surface area (TPSA) is 29.5 Å². The summed E-state index contributed by atoms with van der Waals surface area (Å²) in [5, 5.41) is 0. The van der Waals surface area contributed by atoms with Gasteiger partial charge in [0, 0.05) is 12.6 Å². The molecule has 15 heavy (non-hydrogen) atoms. The summed E-state index contributed by atoms with van der Waals surface area (Å²) in [6.07, 6.45) is 5.07. The third-order valence-corrected chi connectivity index (χ3v) is 3.33. The Balaban J connectivity index is 2.43. The first-order valence-electron chi connectivity index (χ1n) is 6.01. The fourth-order valence-electron chi connectivity index (χ4n) is 2.39. The van der Waals surface area contributed by atoms with Crippen molar-refractivity contribution in [1.82, 2.24) is 4.90 Å². The van der Waals surface area contributed by atoms with Gasteiger partial charge < -0.3 is 4.74 Å². The number of likely N-dealkylation sites (tertiary alicyclic amines) is 1. The second-order valence-corrected chi connectivity index (χ2v) is 4.48. The lowest BCUT2D eigenvalue weighted by molar-refractivity contribution is -0.145. The van der Waals surface area contributed by atoms with E-state index in [0.29, 0.717) is 6.04 Å². The van der Waals surface area contributed by atoms with Crippen molar-refractivity contribution in [2.24, 2.45) is 5.92 Å². The van der Waals surface area contributed by atoms with Crippen molar-refractivity contribution in [2.45, 2.75) is 45.6 Å². The highest BCUT2D eigenvalue weighted by Gasteiger charge is 2.24. The first-order valence-corrected chi connectivity index (χ1v) is 6.01. The molecular formula is C12H23NO2. The van der Waals surface area contributed by atoms with Crippen LogP contribution in [-0.4, -0.2) is 37.1 Å². The number of esters is 1. The summed E-state index contributed by atoms with van der Waals surface area (Å²) in [4.78, 5) is 13.8. The minimum absolute atomic E-state index is 0.00199. The third kappa shape index (κ3) is 3.49. The van der Waals surface area contributed by atoms with Crippen LogP contribution in [0.15, 0.2) is 0 Å². The van der Waals surface area contributed by atoms with Gasteiger partial charge in [-0.3, -0.25) is 9.69 Å². The molecule has 1 aliphatic rings. The van der Waals surface area contributed by atoms with Gasteiger partial charge >= 0.3 is 5.97 Å². The monoisotopic (exact) mass is 213 g/mol. The number of rotatable bonds is 4. The normalized spacial score (nSPS) is 24.9. The Morgan fingerprint density at radius 1 is 1.53 bits per heavy atom. The summed E-state index contributed by atoms with van der Waals surface area (Å²) in [5.74, 6) is -0.0856. The molecule has 0 aromatic heterocycles. The van der Waals surface area contributed by atoms with Crippen molar-refractivity contribution in [3.63, 3.8) is 0 Å². The summed E-state index contributed by atoms with van der Waals surface area (Å²) in [7, 11) is 1.46. The molecule has 0 amide bonds. The van der Waals surface area contributed by atoms with Crippen LogP contribution in [0.4, 0.5) is 0 Å². The van der Waals surface area contributed by atoms with E-state index < -0.39 is 0 Å². The van der Waals surface area contributed by atoms with E-state index in [-0.39, 0.29) is 11.9 Å². The van der Waals surface area contributed by atoms with Crippen LogP contribution in [0, 0.1) is 5.92 Å². The van der Waals surface area contributed by atoms with Crippen LogP contribution in [0.1, 0.15) is 39.5 Å². The Labute approximate surface area is 92.8 Å². The number of nitrogens with zero attached hydrogens (tertiary/aromatic N) is 1. The minimum Gasteiger partial charge on any atom is -0.469 e. The van der Waals surface area contributed by atoms with Crippen molar-refractivity contribution in [3.05, 3.63) is 0 Å². The highest BCUT2D eigenvalue weighted by atomic mass is 16.5. The van der Waals surface area contributed by atoms with Crippen molar-refractivity contribution in [1.29, 1.82) is 0 Å². The molecule has 1 rings (SSSR count). The lowest BCUT2D eigenvalue weighted by Crippen LogP contribution is -2.43. The van der Waals surface area contributed by atoms with Gasteiger partial charge in [0.25, 0.3) is 0 Å². The molecule has 1 heterocycles. The van der Waals surface area contributed by atoms with E-state index >= 15 is 0 Å². The SMILES string of the molecule is CCC1CCCCN1CC(C)C(=O)OC. The van der Waals surface area contributed by atoms with Crippen molar-refractivity contribution in [2.75, 3.05) is 20.2 Å². The van der Waals surface area contributed by atoms with E-state index in [9.17, 15) is 4.79 Å². The molecule has 3 nitrogen and oxygen atoms in total. The fourth-order valence-corrected chi connectivity index (χ4v) is 2.39. The average Bonchev–Trinajstić information content (AvgIpc) is 2.28. The number of methoxy groups -OCH3 is 1. The molecule has 0 aliphatic carbocycles. The van der Waals surface area contributed by atoms with Crippen LogP contribution in [0.3, 0.4) is 0 Å². The van der Waals surface area contributed by atoms with E-state index in [4.69, 9.17) is 4.74 Å². The third-order valence-electron chi connectivity index (χ3n) is 3.33. The number of hydrogen-bond donors (Lipinski definition) is 0. The number of ether oxygens (including phenoxy) is 1. The first-order chi connectivity index (χ1) is 7.19. The summed E-state index contributed by atoms with van der Waals surface area (Å²) < 4.78 is 4.76. The van der Waals surface area contributed by atoms with E-state index in [1.165, 1.54) is 32.8 Å². The van der Waals surface area contributed by atoms with Crippen LogP contribution in [0.5, 0.6) is 0 Å². The molecule has 0 spiro atoms. The molecule has 0 aromatic carbocycles. The maximum absolute atomic E-state index is 11.3. The van der Waals surface area contributed by atoms with Gasteiger partial charge in [0.15, 0.2) is 0 Å². The van der Waals surface area contributed by atoms with Crippen molar-refractivity contribution < 1.29 is 9.53 Å². The van der Waals surface area contributed by atoms with E-state index in [1.54, 1.807) is 0 Å². The van der Waals surface area contributed by atoms with E-state index in [2.05, 4.69) is 11.8 Å². The quantitative estimate of drug-likeness (QED) is 0.669. The Hall–Kier alpha value is -0.570. The molecule has 0 aromatic rings. The van der Waals surface area contributed by atoms with Gasteiger partial charge in [-0.25, -0.2) is 0 Å². The maximum atomic E-state index is 11.3. The first kappa shape index (κ1) is 12.5. The molecule has 2 atom stereocenters. The fraction of sp³-hybridized carbons (Fsp3) is 0.917. The number of hydrogen-bond acceptors (Lipinski definition) is 3. The molecule has 1 fully saturated rings. The molecule has 2 unspecified atom stereocenters. The Bertz CT molecular complexity index is 206. The Morgan fingerprint density at radius 3 is 2.87 bits per heavy atom. The summed E-state index contributed by atoms with van der Waals surface area (Å²) in [6, 6.07) is 0.672. The van der Waals surface area contributed by atoms with Crippen LogP contribution >= 0.6 is 0 Å². The molecule has 0 bridgehead atoms. The second-order valence-electron chi connectivity index (χ2n) is 4.48. The lowest BCUT2D eigenvalue weighted by atomic mass is 9.98. The maximum Gasteiger partial charge on any atom is 0.309 e. The van der Waals surface area contributed by atoms with E-state index in [0.717, 1.165) is 13.1 Å². The Morgan fingerprint density at radius 2 is 2.27 bits per heavy atom. The summed E-state index contributed by atoms with van der Waals surface area (Å²) in [6.45, 7) is 6.17. The van der Waals surface area contributed by atoms with Crippen LogP contribution in [-0.2, 0) is 9.53 Å². The Kier molecular flexibility index (Phi) is 5.09. The zero-order valence-electron chi connectivity index (χ0n) is 10.2. The van der Waals surface area contributed by atoms with Crippen LogP contribution in [0.25, 0.3) is 0 Å². The predicted molar refractivity (Wildman–Crippen MR) is 60.7 cm³/mol. The minimum atomic E-state index is -0.0876. The van der Waals surface area contributed by atoms with Crippen LogP contribution in [0.2, 0.25) is 0 Å². The number of carbonyl (C=O) groups excluding carboxylic acids is 1. The molecule has 0 saturated carbocycles. The molecule has 0 N–H and O–H groups in total. The number of piperidine rings is 1. The van der Waals surface area contributed by atoms with Gasteiger partial charge in [0.05, 0.1) is 13.0 Å². The average molecular weight is 213 g/mol. The molecule has 1 saturated heterocycles. The summed E-state index contributed by atoms with van der Waals surface area (Å²) >= 11 is 0. The zero-order valence-corrected chi connectivity index (χ0v) is 10.2. The van der Waals surface area contributed by atoms with Gasteiger partial charge in [-0.05, 0) is 25.8 Å². The van der Waals surface area contributed by atoms with E-state index in [1.807, 2.05) is 6.92 Å². The molecular weight excluding hydrogens is 190 g/mol. The highest BCUT2D eigenvalue weighted by molar-refractivity contribution is 5.72. The van der Waals surface area contributed by atoms with Crippen LogP contribution < -0.4 is 0 Å². The highest BCUT2D eigenvalue weighted by Crippen LogP contribution is 2.20. The van der Waals surface area contributed by atoms with Crippen molar-refractivity contribution >= 4 is 5.97 Å². The second kappa shape index (κ2) is 6.11. The molecule has 0 radical (unpaired) electrons. The largest absolute Gasteiger partial charge is 0.469 e. The van der Waals surface area contributed by atoms with Gasteiger partial charge in [-0.1, -0.05) is 20.3 Å². The van der Waals surface area contributed by atoms with Gasteiger partial charge in [-0.15, -0.1) is 0 Å². The smallest absolute Gasteiger partial charge is 0.309 e.